The second-order valence-electron chi connectivity index (χ2n) is 4.03. The summed E-state index contributed by atoms with van der Waals surface area (Å²) in [7, 11) is -3.74. The van der Waals surface area contributed by atoms with E-state index in [1.807, 2.05) is 0 Å². The molecule has 104 valence electrons. The Balaban J connectivity index is 2.44. The van der Waals surface area contributed by atoms with Crippen molar-refractivity contribution < 1.29 is 17.9 Å². The lowest BCUT2D eigenvalue weighted by molar-refractivity contribution is 0.0730. The summed E-state index contributed by atoms with van der Waals surface area (Å²) in [6.07, 6.45) is 0. The molecule has 1 aromatic carbocycles. The number of rotatable bonds is 3. The van der Waals surface area contributed by atoms with Gasteiger partial charge in [0.15, 0.2) is 0 Å². The molecule has 0 bridgehead atoms. The van der Waals surface area contributed by atoms with Crippen LogP contribution in [0.3, 0.4) is 0 Å². The van der Waals surface area contributed by atoms with E-state index in [4.69, 9.17) is 22.1 Å². The number of nitrogens with zero attached hydrogens (tertiary/aromatic N) is 1. The molecular weight excluding hydrogens is 292 g/mol. The summed E-state index contributed by atoms with van der Waals surface area (Å²) in [4.78, 5) is 11.0. The monoisotopic (exact) mass is 304 g/mol. The van der Waals surface area contributed by atoms with Crippen LogP contribution in [-0.2, 0) is 14.8 Å². The first kappa shape index (κ1) is 14.3. The highest BCUT2D eigenvalue weighted by atomic mass is 35.5. The van der Waals surface area contributed by atoms with Gasteiger partial charge in [-0.2, -0.15) is 4.31 Å². The fourth-order valence-corrected chi connectivity index (χ4v) is 3.69. The number of morpholine rings is 1. The number of hydrogen-bond acceptors (Lipinski definition) is 4. The largest absolute Gasteiger partial charge is 0.379 e. The van der Waals surface area contributed by atoms with E-state index < -0.39 is 15.9 Å². The minimum Gasteiger partial charge on any atom is -0.379 e. The van der Waals surface area contributed by atoms with Gasteiger partial charge < -0.3 is 10.5 Å². The number of benzene rings is 1. The van der Waals surface area contributed by atoms with Crippen LogP contribution in [-0.4, -0.2) is 44.9 Å². The molecule has 1 aromatic rings. The Morgan fingerprint density at radius 3 is 2.53 bits per heavy atom. The maximum atomic E-state index is 12.4. The lowest BCUT2D eigenvalue weighted by Crippen LogP contribution is -2.40. The van der Waals surface area contributed by atoms with Crippen molar-refractivity contribution in [2.24, 2.45) is 5.73 Å². The molecule has 2 rings (SSSR count). The standard InChI is InChI=1S/C11H13ClN2O4S/c12-9-2-1-8(11(13)15)7-10(9)19(16,17)14-3-5-18-6-4-14/h1-2,7H,3-6H2,(H2,13,15). The summed E-state index contributed by atoms with van der Waals surface area (Å²) in [5.74, 6) is -0.699. The van der Waals surface area contributed by atoms with Gasteiger partial charge in [0.25, 0.3) is 0 Å². The summed E-state index contributed by atoms with van der Waals surface area (Å²) >= 11 is 5.92. The molecule has 1 fully saturated rings. The number of hydrogen-bond donors (Lipinski definition) is 1. The predicted octanol–water partition coefficient (Wildman–Crippen LogP) is 0.460. The van der Waals surface area contributed by atoms with Crippen molar-refractivity contribution in [1.82, 2.24) is 4.31 Å². The molecule has 0 spiro atoms. The second-order valence-corrected chi connectivity index (χ2v) is 6.34. The van der Waals surface area contributed by atoms with Crippen molar-refractivity contribution >= 4 is 27.5 Å². The Kier molecular flexibility index (Phi) is 4.10. The molecule has 1 aliphatic rings. The number of primary amides is 1. The first-order chi connectivity index (χ1) is 8.93. The minimum atomic E-state index is -3.74. The van der Waals surface area contributed by atoms with E-state index in [0.717, 1.165) is 0 Å². The first-order valence-corrected chi connectivity index (χ1v) is 7.42. The zero-order valence-electron chi connectivity index (χ0n) is 10.0. The number of ether oxygens (including phenoxy) is 1. The van der Waals surface area contributed by atoms with Crippen LogP contribution in [0.25, 0.3) is 0 Å². The Bertz CT molecular complexity index is 597. The van der Waals surface area contributed by atoms with Crippen molar-refractivity contribution in [3.05, 3.63) is 28.8 Å². The van der Waals surface area contributed by atoms with Gasteiger partial charge in [-0.1, -0.05) is 11.6 Å². The number of halogens is 1. The molecule has 0 saturated carbocycles. The normalized spacial score (nSPS) is 17.3. The minimum absolute atomic E-state index is 0.0662. The molecule has 0 radical (unpaired) electrons. The van der Waals surface area contributed by atoms with Gasteiger partial charge in [0, 0.05) is 18.7 Å². The van der Waals surface area contributed by atoms with Gasteiger partial charge >= 0.3 is 0 Å². The zero-order chi connectivity index (χ0) is 14.0. The third kappa shape index (κ3) is 2.89. The number of amides is 1. The van der Waals surface area contributed by atoms with Crippen LogP contribution in [0.2, 0.25) is 5.02 Å². The van der Waals surface area contributed by atoms with E-state index in [2.05, 4.69) is 0 Å². The van der Waals surface area contributed by atoms with Gasteiger partial charge in [-0.05, 0) is 18.2 Å². The predicted molar refractivity (Wildman–Crippen MR) is 69.5 cm³/mol. The highest BCUT2D eigenvalue weighted by molar-refractivity contribution is 7.89. The van der Waals surface area contributed by atoms with Gasteiger partial charge in [0.2, 0.25) is 15.9 Å². The van der Waals surface area contributed by atoms with Crippen LogP contribution in [0.15, 0.2) is 23.1 Å². The number of carbonyl (C=O) groups excluding carboxylic acids is 1. The third-order valence-electron chi connectivity index (χ3n) is 2.80. The molecule has 0 atom stereocenters. The van der Waals surface area contributed by atoms with Crippen molar-refractivity contribution in [2.45, 2.75) is 4.90 Å². The molecule has 1 saturated heterocycles. The van der Waals surface area contributed by atoms with E-state index in [-0.39, 0.29) is 28.6 Å². The van der Waals surface area contributed by atoms with Crippen molar-refractivity contribution in [3.8, 4) is 0 Å². The lowest BCUT2D eigenvalue weighted by atomic mass is 10.2. The molecule has 2 N–H and O–H groups in total. The molecule has 1 amide bonds. The summed E-state index contributed by atoms with van der Waals surface area (Å²) < 4.78 is 31.2. The molecular formula is C11H13ClN2O4S. The topological polar surface area (TPSA) is 89.7 Å². The maximum Gasteiger partial charge on any atom is 0.248 e. The fraction of sp³-hybridized carbons (Fsp3) is 0.364. The molecule has 6 nitrogen and oxygen atoms in total. The van der Waals surface area contributed by atoms with E-state index in [1.165, 1.54) is 22.5 Å². The van der Waals surface area contributed by atoms with Crippen molar-refractivity contribution in [1.29, 1.82) is 0 Å². The van der Waals surface area contributed by atoms with Crippen LogP contribution in [0.5, 0.6) is 0 Å². The van der Waals surface area contributed by atoms with E-state index in [1.54, 1.807) is 0 Å². The van der Waals surface area contributed by atoms with Crippen LogP contribution in [0, 0.1) is 0 Å². The van der Waals surface area contributed by atoms with E-state index in [9.17, 15) is 13.2 Å². The summed E-state index contributed by atoms with van der Waals surface area (Å²) in [6.45, 7) is 1.21. The average molecular weight is 305 g/mol. The van der Waals surface area contributed by atoms with Crippen LogP contribution in [0.4, 0.5) is 0 Å². The molecule has 0 unspecified atom stereocenters. The highest BCUT2D eigenvalue weighted by Gasteiger charge is 2.28. The van der Waals surface area contributed by atoms with Gasteiger partial charge in [0.05, 0.1) is 18.2 Å². The Hall–Kier alpha value is -1.15. The number of sulfonamides is 1. The van der Waals surface area contributed by atoms with Gasteiger partial charge in [-0.25, -0.2) is 8.42 Å². The highest BCUT2D eigenvalue weighted by Crippen LogP contribution is 2.26. The maximum absolute atomic E-state index is 12.4. The quantitative estimate of drug-likeness (QED) is 0.878. The summed E-state index contributed by atoms with van der Waals surface area (Å²) in [5, 5.41) is 0.0662. The van der Waals surface area contributed by atoms with Crippen LogP contribution >= 0.6 is 11.6 Å². The second kappa shape index (κ2) is 5.46. The Labute approximate surface area is 116 Å². The van der Waals surface area contributed by atoms with Crippen LogP contribution < -0.4 is 5.73 Å². The van der Waals surface area contributed by atoms with Crippen molar-refractivity contribution in [3.63, 3.8) is 0 Å². The van der Waals surface area contributed by atoms with Gasteiger partial charge in [0.1, 0.15) is 4.90 Å². The molecule has 0 aromatic heterocycles. The molecule has 1 heterocycles. The van der Waals surface area contributed by atoms with Gasteiger partial charge in [-0.15, -0.1) is 0 Å². The average Bonchev–Trinajstić information content (AvgIpc) is 2.39. The zero-order valence-corrected chi connectivity index (χ0v) is 11.6. The number of carbonyl (C=O) groups is 1. The molecule has 19 heavy (non-hydrogen) atoms. The Morgan fingerprint density at radius 2 is 1.95 bits per heavy atom. The SMILES string of the molecule is NC(=O)c1ccc(Cl)c(S(=O)(=O)N2CCOCC2)c1. The Morgan fingerprint density at radius 1 is 1.32 bits per heavy atom. The van der Waals surface area contributed by atoms with Crippen molar-refractivity contribution in [2.75, 3.05) is 26.3 Å². The molecule has 1 aliphatic heterocycles. The summed E-state index contributed by atoms with van der Waals surface area (Å²) in [5.41, 5.74) is 5.25. The fourth-order valence-electron chi connectivity index (χ4n) is 1.78. The summed E-state index contributed by atoms with van der Waals surface area (Å²) in [6, 6.07) is 3.95. The van der Waals surface area contributed by atoms with E-state index in [0.29, 0.717) is 13.2 Å². The van der Waals surface area contributed by atoms with E-state index >= 15 is 0 Å². The van der Waals surface area contributed by atoms with Gasteiger partial charge in [-0.3, -0.25) is 4.79 Å². The molecule has 8 heteroatoms. The number of nitrogens with two attached hydrogens (primary N) is 1. The van der Waals surface area contributed by atoms with Crippen LogP contribution in [0.1, 0.15) is 10.4 Å². The smallest absolute Gasteiger partial charge is 0.248 e. The third-order valence-corrected chi connectivity index (χ3v) is 5.18. The lowest BCUT2D eigenvalue weighted by Gasteiger charge is -2.26. The molecule has 0 aliphatic carbocycles. The first-order valence-electron chi connectivity index (χ1n) is 5.60.